The van der Waals surface area contributed by atoms with E-state index in [-0.39, 0.29) is 44.0 Å². The molecule has 5 atom stereocenters. The lowest BCUT2D eigenvalue weighted by atomic mass is 9.70. The number of para-hydroxylation sites is 1. The summed E-state index contributed by atoms with van der Waals surface area (Å²) < 4.78 is 12.2. The molecule has 234 valence electrons. The number of amides is 3. The van der Waals surface area contributed by atoms with Gasteiger partial charge in [0.1, 0.15) is 17.4 Å². The summed E-state index contributed by atoms with van der Waals surface area (Å²) in [7, 11) is 0. The topological polar surface area (TPSA) is 99.6 Å². The van der Waals surface area contributed by atoms with Gasteiger partial charge in [-0.05, 0) is 69.0 Å². The molecule has 3 aliphatic rings. The van der Waals surface area contributed by atoms with Gasteiger partial charge in [0, 0.05) is 31.9 Å². The first-order valence-corrected chi connectivity index (χ1v) is 15.6. The number of anilines is 2. The third kappa shape index (κ3) is 5.53. The molecule has 3 heterocycles. The number of unbranched alkanes of at least 4 members (excludes halogenated alkanes) is 1. The Morgan fingerprint density at radius 3 is 2.45 bits per heavy atom. The molecule has 0 aliphatic carbocycles. The SMILES string of the molecule is C=CCN(C(=O)[C@@H]1[C@H]2C(=O)N(CCCCO)C(C(=O)N(CC=C)c3ccccc3Cl)C23CC[C@H]1O3)c1ccc(OCC)cc1. The standard InChI is InChI=1S/C34H40ClN3O6/c1-4-19-36(23-13-15-24(16-14-23)43-6-3)31(40)28-27-17-18-34(44-27)29(28)32(41)38(21-9-10-22-39)30(34)33(42)37(20-5-2)26-12-8-7-11-25(26)35/h4-5,7-8,11-16,27-30,39H,1-2,6,9-10,17-22H2,3H3/t27-,28+,29+,30?,34?/m1/s1. The number of carbonyl (C=O) groups excluding carboxylic acids is 3. The molecule has 0 saturated carbocycles. The Bertz CT molecular complexity index is 1400. The van der Waals surface area contributed by atoms with Gasteiger partial charge in [0.25, 0.3) is 5.91 Å². The first-order chi connectivity index (χ1) is 21.3. The molecule has 2 aromatic carbocycles. The Labute approximate surface area is 263 Å². The second-order valence-electron chi connectivity index (χ2n) is 11.4. The summed E-state index contributed by atoms with van der Waals surface area (Å²) in [5.74, 6) is -1.75. The molecule has 2 unspecified atom stereocenters. The molecule has 3 aliphatic heterocycles. The second-order valence-corrected chi connectivity index (χ2v) is 11.8. The van der Waals surface area contributed by atoms with E-state index in [4.69, 9.17) is 21.1 Å². The third-order valence-electron chi connectivity index (χ3n) is 8.88. The number of aliphatic hydroxyl groups is 1. The van der Waals surface area contributed by atoms with Crippen molar-refractivity contribution in [1.29, 1.82) is 0 Å². The zero-order valence-electron chi connectivity index (χ0n) is 25.1. The van der Waals surface area contributed by atoms with Crippen LogP contribution in [0.25, 0.3) is 0 Å². The van der Waals surface area contributed by atoms with E-state index >= 15 is 0 Å². The monoisotopic (exact) mass is 621 g/mol. The van der Waals surface area contributed by atoms with Crippen LogP contribution in [0, 0.1) is 11.8 Å². The van der Waals surface area contributed by atoms with E-state index in [9.17, 15) is 19.5 Å². The molecule has 2 aromatic rings. The summed E-state index contributed by atoms with van der Waals surface area (Å²) in [5, 5.41) is 9.87. The van der Waals surface area contributed by atoms with E-state index in [2.05, 4.69) is 13.2 Å². The van der Waals surface area contributed by atoms with Crippen LogP contribution < -0.4 is 14.5 Å². The van der Waals surface area contributed by atoms with Gasteiger partial charge in [0.15, 0.2) is 0 Å². The van der Waals surface area contributed by atoms with Gasteiger partial charge >= 0.3 is 0 Å². The number of rotatable bonds is 14. The van der Waals surface area contributed by atoms with Gasteiger partial charge < -0.3 is 29.3 Å². The summed E-state index contributed by atoms with van der Waals surface area (Å²) in [6.45, 7) is 10.8. The van der Waals surface area contributed by atoms with Gasteiger partial charge in [-0.15, -0.1) is 13.2 Å². The lowest BCUT2D eigenvalue weighted by Crippen LogP contribution is -2.56. The van der Waals surface area contributed by atoms with E-state index in [0.717, 1.165) is 0 Å². The van der Waals surface area contributed by atoms with Crippen LogP contribution in [0.15, 0.2) is 73.8 Å². The average molecular weight is 622 g/mol. The van der Waals surface area contributed by atoms with Gasteiger partial charge in [-0.1, -0.05) is 35.9 Å². The Morgan fingerprint density at radius 1 is 1.09 bits per heavy atom. The Balaban J connectivity index is 1.53. The van der Waals surface area contributed by atoms with Crippen molar-refractivity contribution in [1.82, 2.24) is 4.90 Å². The lowest BCUT2D eigenvalue weighted by Gasteiger charge is -2.37. The highest BCUT2D eigenvalue weighted by Gasteiger charge is 2.75. The van der Waals surface area contributed by atoms with Gasteiger partial charge in [0.2, 0.25) is 11.8 Å². The zero-order chi connectivity index (χ0) is 31.4. The fourth-order valence-electron chi connectivity index (χ4n) is 7.12. The summed E-state index contributed by atoms with van der Waals surface area (Å²) in [5.41, 5.74) is -0.00371. The Hall–Kier alpha value is -3.66. The zero-order valence-corrected chi connectivity index (χ0v) is 25.8. The minimum Gasteiger partial charge on any atom is -0.494 e. The minimum atomic E-state index is -1.17. The van der Waals surface area contributed by atoms with Crippen LogP contribution in [-0.2, 0) is 19.1 Å². The molecule has 0 radical (unpaired) electrons. The number of carbonyl (C=O) groups is 3. The van der Waals surface area contributed by atoms with Crippen molar-refractivity contribution in [3.05, 3.63) is 78.9 Å². The fourth-order valence-corrected chi connectivity index (χ4v) is 7.36. The van der Waals surface area contributed by atoms with E-state index in [1.807, 2.05) is 31.2 Å². The molecule has 0 aromatic heterocycles. The highest BCUT2D eigenvalue weighted by atomic mass is 35.5. The number of ether oxygens (including phenoxy) is 2. The highest BCUT2D eigenvalue weighted by Crippen LogP contribution is 2.59. The fraction of sp³-hybridized carbons (Fsp3) is 0.441. The van der Waals surface area contributed by atoms with Gasteiger partial charge in [-0.3, -0.25) is 14.4 Å². The Kier molecular flexibility index (Phi) is 9.78. The molecule has 44 heavy (non-hydrogen) atoms. The number of hydrogen-bond donors (Lipinski definition) is 1. The molecule has 9 nitrogen and oxygen atoms in total. The van der Waals surface area contributed by atoms with Crippen LogP contribution in [0.4, 0.5) is 11.4 Å². The largest absolute Gasteiger partial charge is 0.494 e. The number of hydrogen-bond acceptors (Lipinski definition) is 6. The van der Waals surface area contributed by atoms with E-state index < -0.39 is 29.6 Å². The van der Waals surface area contributed by atoms with Gasteiger partial charge in [0.05, 0.1) is 35.3 Å². The number of nitrogens with zero attached hydrogens (tertiary/aromatic N) is 3. The predicted octanol–water partition coefficient (Wildman–Crippen LogP) is 4.62. The number of aliphatic hydroxyl groups excluding tert-OH is 1. The summed E-state index contributed by atoms with van der Waals surface area (Å²) in [6.07, 6.45) is 4.76. The van der Waals surface area contributed by atoms with Crippen molar-refractivity contribution < 1.29 is 29.0 Å². The maximum atomic E-state index is 14.6. The molecular formula is C34H40ClN3O6. The van der Waals surface area contributed by atoms with Crippen molar-refractivity contribution >= 4 is 40.7 Å². The van der Waals surface area contributed by atoms with E-state index in [0.29, 0.717) is 54.4 Å². The second kappa shape index (κ2) is 13.5. The third-order valence-corrected chi connectivity index (χ3v) is 9.20. The van der Waals surface area contributed by atoms with Crippen LogP contribution in [0.2, 0.25) is 5.02 Å². The summed E-state index contributed by atoms with van der Waals surface area (Å²) in [6, 6.07) is 13.3. The van der Waals surface area contributed by atoms with Crippen molar-refractivity contribution in [3.8, 4) is 5.75 Å². The van der Waals surface area contributed by atoms with Crippen molar-refractivity contribution in [2.24, 2.45) is 11.8 Å². The molecule has 1 spiro atoms. The number of halogens is 1. The molecular weight excluding hydrogens is 582 g/mol. The summed E-state index contributed by atoms with van der Waals surface area (Å²) in [4.78, 5) is 48.1. The first-order valence-electron chi connectivity index (χ1n) is 15.2. The maximum absolute atomic E-state index is 14.6. The molecule has 3 amide bonds. The number of fused-ring (bicyclic) bond motifs is 1. The van der Waals surface area contributed by atoms with Crippen molar-refractivity contribution in [3.63, 3.8) is 0 Å². The smallest absolute Gasteiger partial charge is 0.253 e. The lowest BCUT2D eigenvalue weighted by molar-refractivity contribution is -0.140. The number of likely N-dealkylation sites (tertiary alicyclic amines) is 1. The molecule has 3 fully saturated rings. The average Bonchev–Trinajstić information content (AvgIpc) is 3.67. The normalized spacial score (nSPS) is 25.1. The van der Waals surface area contributed by atoms with Crippen molar-refractivity contribution in [2.45, 2.75) is 50.4 Å². The molecule has 1 N–H and O–H groups in total. The van der Waals surface area contributed by atoms with Gasteiger partial charge in [-0.2, -0.15) is 0 Å². The van der Waals surface area contributed by atoms with Crippen LogP contribution in [0.3, 0.4) is 0 Å². The van der Waals surface area contributed by atoms with Crippen LogP contribution in [-0.4, -0.2) is 78.3 Å². The first kappa shape index (κ1) is 31.8. The Morgan fingerprint density at radius 2 is 1.80 bits per heavy atom. The van der Waals surface area contributed by atoms with Crippen LogP contribution in [0.1, 0.15) is 32.6 Å². The van der Waals surface area contributed by atoms with E-state index in [1.165, 1.54) is 0 Å². The molecule has 5 rings (SSSR count). The predicted molar refractivity (Wildman–Crippen MR) is 170 cm³/mol. The van der Waals surface area contributed by atoms with Crippen molar-refractivity contribution in [2.75, 3.05) is 42.6 Å². The summed E-state index contributed by atoms with van der Waals surface area (Å²) >= 11 is 6.54. The highest BCUT2D eigenvalue weighted by molar-refractivity contribution is 6.34. The van der Waals surface area contributed by atoms with Crippen LogP contribution >= 0.6 is 11.6 Å². The quantitative estimate of drug-likeness (QED) is 0.244. The minimum absolute atomic E-state index is 0.0320. The van der Waals surface area contributed by atoms with Gasteiger partial charge in [-0.25, -0.2) is 0 Å². The van der Waals surface area contributed by atoms with Crippen LogP contribution in [0.5, 0.6) is 5.75 Å². The number of benzene rings is 2. The molecule has 3 saturated heterocycles. The molecule has 2 bridgehead atoms. The van der Waals surface area contributed by atoms with E-state index in [1.54, 1.807) is 51.1 Å². The maximum Gasteiger partial charge on any atom is 0.253 e. The molecule has 10 heteroatoms.